The van der Waals surface area contributed by atoms with Gasteiger partial charge in [-0.05, 0) is 24.3 Å². The van der Waals surface area contributed by atoms with Crippen LogP contribution < -0.4 is 21.7 Å². The van der Waals surface area contributed by atoms with Gasteiger partial charge in [0.25, 0.3) is 0 Å². The lowest BCUT2D eigenvalue weighted by molar-refractivity contribution is -0.118. The first-order valence-electron chi connectivity index (χ1n) is 8.69. The van der Waals surface area contributed by atoms with Crippen molar-refractivity contribution < 1.29 is 18.3 Å². The summed E-state index contributed by atoms with van der Waals surface area (Å²) in [5.41, 5.74) is 0.0394. The van der Waals surface area contributed by atoms with E-state index in [2.05, 4.69) is 30.4 Å². The van der Waals surface area contributed by atoms with Crippen molar-refractivity contribution in [3.8, 4) is 5.88 Å². The highest BCUT2D eigenvalue weighted by Gasteiger charge is 2.26. The van der Waals surface area contributed by atoms with Gasteiger partial charge < -0.3 is 15.4 Å². The first-order chi connectivity index (χ1) is 14.7. The van der Waals surface area contributed by atoms with Gasteiger partial charge in [0.05, 0.1) is 6.20 Å². The zero-order valence-corrected chi connectivity index (χ0v) is 16.2. The second-order valence-electron chi connectivity index (χ2n) is 6.39. The van der Waals surface area contributed by atoms with Crippen molar-refractivity contribution in [2.45, 2.75) is 6.18 Å². The van der Waals surface area contributed by atoms with Crippen molar-refractivity contribution in [1.82, 2.24) is 24.6 Å². The average molecular weight is 452 g/mol. The Labute approximate surface area is 175 Å². The molecule has 0 aliphatic heterocycles. The molecule has 0 aliphatic carbocycles. The second-order valence-corrected chi connectivity index (χ2v) is 6.82. The number of aromatic amines is 2. The number of rotatable bonds is 4. The molecule has 1 aromatic carbocycles. The molecular formula is C18H13ClF3N7O2. The molecule has 0 amide bonds. The molecule has 0 saturated carbocycles. The molecule has 0 saturated heterocycles. The molecule has 3 aromatic heterocycles. The molecule has 0 atom stereocenters. The fraction of sp³-hybridized carbons (Fsp3) is 0.111. The van der Waals surface area contributed by atoms with Crippen molar-refractivity contribution in [2.24, 2.45) is 4.99 Å². The molecule has 0 aliphatic rings. The van der Waals surface area contributed by atoms with E-state index in [-0.39, 0.29) is 22.6 Å². The maximum atomic E-state index is 12.7. The van der Waals surface area contributed by atoms with Gasteiger partial charge in [0.15, 0.2) is 11.1 Å². The number of hydrogen-bond acceptors (Lipinski definition) is 6. The molecule has 4 rings (SSSR count). The number of hydrogen-bond donors (Lipinski definition) is 4. The predicted molar refractivity (Wildman–Crippen MR) is 106 cm³/mol. The van der Waals surface area contributed by atoms with Crippen LogP contribution in [0.4, 0.5) is 24.7 Å². The Bertz CT molecular complexity index is 1440. The molecule has 31 heavy (non-hydrogen) atoms. The van der Waals surface area contributed by atoms with Crippen LogP contribution in [0.25, 0.3) is 11.7 Å². The molecule has 0 unspecified atom stereocenters. The van der Waals surface area contributed by atoms with Crippen LogP contribution in [0.5, 0.6) is 5.88 Å². The van der Waals surface area contributed by atoms with Crippen LogP contribution in [0.3, 0.4) is 0 Å². The standard InChI is InChI=1S/C18H13ClF3N7O2/c19-10-2-1-3-11(5-10)25-13-6-14(23-8-18(20,21)22)29-15(27-13)9(7-24-29)4-12-16(30)28-17(31)26-12/h1-7,25,30H,8H2,(H2,26,28,31). The summed E-state index contributed by atoms with van der Waals surface area (Å²) < 4.78 is 39.3. The van der Waals surface area contributed by atoms with Crippen molar-refractivity contribution in [2.75, 3.05) is 11.9 Å². The van der Waals surface area contributed by atoms with E-state index in [1.807, 2.05) is 0 Å². The minimum absolute atomic E-state index is 0.0590. The smallest absolute Gasteiger partial charge is 0.408 e. The summed E-state index contributed by atoms with van der Waals surface area (Å²) in [5.74, 6) is -0.211. The van der Waals surface area contributed by atoms with Crippen LogP contribution in [0.1, 0.15) is 5.69 Å². The Hall–Kier alpha value is -3.80. The number of anilines is 2. The van der Waals surface area contributed by atoms with Gasteiger partial charge in [-0.3, -0.25) is 9.98 Å². The Kier molecular flexibility index (Phi) is 5.15. The number of nitrogens with zero attached hydrogens (tertiary/aromatic N) is 4. The summed E-state index contributed by atoms with van der Waals surface area (Å²) in [6, 6.07) is 8.00. The van der Waals surface area contributed by atoms with E-state index in [0.717, 1.165) is 4.52 Å². The van der Waals surface area contributed by atoms with Gasteiger partial charge in [-0.15, -0.1) is 0 Å². The fourth-order valence-electron chi connectivity index (χ4n) is 2.77. The molecule has 4 aromatic rings. The number of fused-ring (bicyclic) bond motifs is 1. The highest BCUT2D eigenvalue weighted by Crippen LogP contribution is 2.18. The Morgan fingerprint density at radius 1 is 1.29 bits per heavy atom. The predicted octanol–water partition coefficient (Wildman–Crippen LogP) is 1.86. The van der Waals surface area contributed by atoms with Crippen LogP contribution >= 0.6 is 11.6 Å². The van der Waals surface area contributed by atoms with Gasteiger partial charge in [-0.2, -0.15) is 22.8 Å². The van der Waals surface area contributed by atoms with Gasteiger partial charge in [-0.1, -0.05) is 17.7 Å². The molecule has 3 heterocycles. The van der Waals surface area contributed by atoms with Crippen LogP contribution in [0.2, 0.25) is 5.02 Å². The third-order valence-corrected chi connectivity index (χ3v) is 4.27. The molecular weight excluding hydrogens is 439 g/mol. The SMILES string of the molecule is O=c1[nH]c(O)c(C=c2cnn3c(=NCC(F)(F)F)cc(Nc4cccc(Cl)c4)nc23)[nH]1. The van der Waals surface area contributed by atoms with Crippen molar-refractivity contribution >= 4 is 34.8 Å². The van der Waals surface area contributed by atoms with E-state index in [0.29, 0.717) is 15.9 Å². The third-order valence-electron chi connectivity index (χ3n) is 4.03. The number of nitrogens with one attached hydrogen (secondary N) is 3. The van der Waals surface area contributed by atoms with Gasteiger partial charge >= 0.3 is 11.9 Å². The van der Waals surface area contributed by atoms with E-state index < -0.39 is 24.3 Å². The zero-order valence-electron chi connectivity index (χ0n) is 15.4. The summed E-state index contributed by atoms with van der Waals surface area (Å²) in [4.78, 5) is 23.9. The first-order valence-corrected chi connectivity index (χ1v) is 9.07. The number of aromatic hydroxyl groups is 1. The molecule has 4 N–H and O–H groups in total. The van der Waals surface area contributed by atoms with Crippen molar-refractivity contribution in [3.05, 3.63) is 68.4 Å². The average Bonchev–Trinajstić information content (AvgIpc) is 3.22. The topological polar surface area (TPSA) is 123 Å². The van der Waals surface area contributed by atoms with Crippen LogP contribution in [0, 0.1) is 0 Å². The number of benzene rings is 1. The van der Waals surface area contributed by atoms with Crippen molar-refractivity contribution in [1.29, 1.82) is 0 Å². The maximum Gasteiger partial charge on any atom is 0.408 e. The summed E-state index contributed by atoms with van der Waals surface area (Å²) in [6.45, 7) is -1.41. The highest BCUT2D eigenvalue weighted by molar-refractivity contribution is 6.30. The minimum atomic E-state index is -4.51. The quantitative estimate of drug-likeness (QED) is 0.377. The Morgan fingerprint density at radius 3 is 2.77 bits per heavy atom. The minimum Gasteiger partial charge on any atom is -0.493 e. The molecule has 0 fully saturated rings. The molecule has 0 radical (unpaired) electrons. The van der Waals surface area contributed by atoms with E-state index in [9.17, 15) is 23.1 Å². The van der Waals surface area contributed by atoms with Crippen molar-refractivity contribution in [3.63, 3.8) is 0 Å². The number of halogens is 4. The van der Waals surface area contributed by atoms with Crippen LogP contribution in [-0.4, -0.2) is 42.4 Å². The highest BCUT2D eigenvalue weighted by atomic mass is 35.5. The van der Waals surface area contributed by atoms with Crippen LogP contribution in [0.15, 0.2) is 46.3 Å². The summed E-state index contributed by atoms with van der Waals surface area (Å²) in [6.07, 6.45) is -1.81. The van der Waals surface area contributed by atoms with E-state index in [1.54, 1.807) is 24.3 Å². The third kappa shape index (κ3) is 4.69. The van der Waals surface area contributed by atoms with E-state index in [1.165, 1.54) is 18.3 Å². The number of H-pyrrole nitrogens is 2. The lowest BCUT2D eigenvalue weighted by Gasteiger charge is -2.07. The molecule has 13 heteroatoms. The normalized spacial score (nSPS) is 13.3. The summed E-state index contributed by atoms with van der Waals surface area (Å²) in [5, 5.41) is 17.6. The molecule has 160 valence electrons. The second kappa shape index (κ2) is 7.80. The Balaban J connectivity index is 1.90. The van der Waals surface area contributed by atoms with E-state index in [4.69, 9.17) is 11.6 Å². The summed E-state index contributed by atoms with van der Waals surface area (Å²) >= 11 is 5.97. The maximum absolute atomic E-state index is 12.7. The molecule has 0 bridgehead atoms. The number of imidazole rings is 1. The number of aromatic nitrogens is 5. The monoisotopic (exact) mass is 451 g/mol. The summed E-state index contributed by atoms with van der Waals surface area (Å²) in [7, 11) is 0. The lowest BCUT2D eigenvalue weighted by atomic mass is 10.3. The number of alkyl halides is 3. The largest absolute Gasteiger partial charge is 0.493 e. The lowest BCUT2D eigenvalue weighted by Crippen LogP contribution is -2.22. The van der Waals surface area contributed by atoms with Gasteiger partial charge in [0.1, 0.15) is 18.1 Å². The molecule has 0 spiro atoms. The van der Waals surface area contributed by atoms with E-state index >= 15 is 0 Å². The van der Waals surface area contributed by atoms with Gasteiger partial charge in [0.2, 0.25) is 5.88 Å². The van der Waals surface area contributed by atoms with Crippen LogP contribution in [-0.2, 0) is 0 Å². The Morgan fingerprint density at radius 2 is 2.10 bits per heavy atom. The van der Waals surface area contributed by atoms with Gasteiger partial charge in [-0.25, -0.2) is 9.78 Å². The first kappa shape index (κ1) is 20.5. The van der Waals surface area contributed by atoms with Gasteiger partial charge in [0, 0.05) is 22.0 Å². The fourth-order valence-corrected chi connectivity index (χ4v) is 2.97. The molecule has 9 nitrogen and oxygen atoms in total. The zero-order chi connectivity index (χ0) is 22.2.